The van der Waals surface area contributed by atoms with Crippen LogP contribution in [0.5, 0.6) is 0 Å². The van der Waals surface area contributed by atoms with Gasteiger partial charge in [0.25, 0.3) is 0 Å². The molecule has 2 atom stereocenters. The minimum absolute atomic E-state index is 0.0592. The van der Waals surface area contributed by atoms with Crippen LogP contribution in [0.4, 0.5) is 4.79 Å². The second-order valence-electron chi connectivity index (χ2n) is 5.90. The molecule has 25 heavy (non-hydrogen) atoms. The predicted molar refractivity (Wildman–Crippen MR) is 93.1 cm³/mol. The standard InChI is InChI=1S/C17H21N7O/c1-13(10-23-12-18-11-20-23)21-17(25)22-14(2)15-4-6-16(7-5-15)24-9-3-8-19-24/h3-9,11-14H,10H2,1-2H3,(H2,21,22,25)/t13-,14+/m1/s1. The largest absolute Gasteiger partial charge is 0.334 e. The molecule has 130 valence electrons. The predicted octanol–water partition coefficient (Wildman–Crippen LogP) is 1.91. The molecule has 0 aliphatic heterocycles. The van der Waals surface area contributed by atoms with Crippen LogP contribution >= 0.6 is 0 Å². The molecule has 2 amide bonds. The molecule has 0 fully saturated rings. The number of nitrogens with one attached hydrogen (secondary N) is 2. The fraction of sp³-hybridized carbons (Fsp3) is 0.294. The minimum atomic E-state index is -0.212. The summed E-state index contributed by atoms with van der Waals surface area (Å²) in [5.41, 5.74) is 2.00. The maximum Gasteiger partial charge on any atom is 0.315 e. The molecule has 3 rings (SSSR count). The van der Waals surface area contributed by atoms with Crippen LogP contribution in [0.3, 0.4) is 0 Å². The van der Waals surface area contributed by atoms with Gasteiger partial charge in [0.1, 0.15) is 12.7 Å². The zero-order valence-electron chi connectivity index (χ0n) is 14.2. The van der Waals surface area contributed by atoms with Crippen LogP contribution in [0.25, 0.3) is 5.69 Å². The van der Waals surface area contributed by atoms with Crippen LogP contribution in [0, 0.1) is 0 Å². The maximum absolute atomic E-state index is 12.1. The van der Waals surface area contributed by atoms with E-state index in [1.165, 1.54) is 6.33 Å². The molecule has 0 bridgehead atoms. The topological polar surface area (TPSA) is 89.7 Å². The van der Waals surface area contributed by atoms with Crippen molar-refractivity contribution in [1.29, 1.82) is 0 Å². The van der Waals surface area contributed by atoms with E-state index in [0.717, 1.165) is 11.3 Å². The summed E-state index contributed by atoms with van der Waals surface area (Å²) in [6.07, 6.45) is 6.73. The molecule has 8 nitrogen and oxygen atoms in total. The van der Waals surface area contributed by atoms with E-state index in [1.54, 1.807) is 21.9 Å². The molecule has 0 spiro atoms. The van der Waals surface area contributed by atoms with Crippen molar-refractivity contribution in [2.45, 2.75) is 32.5 Å². The number of urea groups is 1. The highest BCUT2D eigenvalue weighted by atomic mass is 16.2. The lowest BCUT2D eigenvalue weighted by Gasteiger charge is -2.18. The van der Waals surface area contributed by atoms with Gasteiger partial charge in [0.15, 0.2) is 0 Å². The van der Waals surface area contributed by atoms with Gasteiger partial charge in [-0.2, -0.15) is 10.2 Å². The van der Waals surface area contributed by atoms with Crippen LogP contribution in [0.2, 0.25) is 0 Å². The van der Waals surface area contributed by atoms with Crippen molar-refractivity contribution in [2.75, 3.05) is 0 Å². The molecular weight excluding hydrogens is 318 g/mol. The molecule has 0 aliphatic rings. The van der Waals surface area contributed by atoms with Gasteiger partial charge in [0.2, 0.25) is 0 Å². The summed E-state index contributed by atoms with van der Waals surface area (Å²) in [6, 6.07) is 9.43. The molecule has 3 aromatic rings. The smallest absolute Gasteiger partial charge is 0.315 e. The van der Waals surface area contributed by atoms with E-state index in [1.807, 2.05) is 50.4 Å². The molecule has 0 saturated carbocycles. The Balaban J connectivity index is 1.52. The van der Waals surface area contributed by atoms with E-state index in [-0.39, 0.29) is 18.1 Å². The second-order valence-corrected chi connectivity index (χ2v) is 5.90. The van der Waals surface area contributed by atoms with Crippen LogP contribution in [0.15, 0.2) is 55.4 Å². The summed E-state index contributed by atoms with van der Waals surface area (Å²) >= 11 is 0. The molecule has 0 radical (unpaired) electrons. The fourth-order valence-electron chi connectivity index (χ4n) is 2.54. The summed E-state index contributed by atoms with van der Waals surface area (Å²) in [5, 5.41) is 14.1. The first-order valence-corrected chi connectivity index (χ1v) is 8.11. The van der Waals surface area contributed by atoms with Crippen molar-refractivity contribution >= 4 is 6.03 Å². The fourth-order valence-corrected chi connectivity index (χ4v) is 2.54. The van der Waals surface area contributed by atoms with E-state index in [4.69, 9.17) is 0 Å². The normalized spacial score (nSPS) is 13.2. The summed E-state index contributed by atoms with van der Waals surface area (Å²) in [6.45, 7) is 4.44. The lowest BCUT2D eigenvalue weighted by Crippen LogP contribution is -2.43. The van der Waals surface area contributed by atoms with Gasteiger partial charge in [0, 0.05) is 18.4 Å². The van der Waals surface area contributed by atoms with Gasteiger partial charge >= 0.3 is 6.03 Å². The highest BCUT2D eigenvalue weighted by Gasteiger charge is 2.12. The van der Waals surface area contributed by atoms with E-state index in [0.29, 0.717) is 6.54 Å². The van der Waals surface area contributed by atoms with Gasteiger partial charge in [-0.15, -0.1) is 0 Å². The number of hydrogen-bond acceptors (Lipinski definition) is 4. The Bertz CT molecular complexity index is 781. The third kappa shape index (κ3) is 4.43. The van der Waals surface area contributed by atoms with Gasteiger partial charge in [-0.3, -0.25) is 4.68 Å². The molecule has 2 N–H and O–H groups in total. The number of carbonyl (C=O) groups excluding carboxylic acids is 1. The van der Waals surface area contributed by atoms with Crippen molar-refractivity contribution in [3.05, 3.63) is 60.9 Å². The van der Waals surface area contributed by atoms with Gasteiger partial charge in [-0.1, -0.05) is 12.1 Å². The molecular formula is C17H21N7O. The summed E-state index contributed by atoms with van der Waals surface area (Å²) < 4.78 is 3.47. The number of amides is 2. The minimum Gasteiger partial charge on any atom is -0.334 e. The quantitative estimate of drug-likeness (QED) is 0.718. The molecule has 0 unspecified atom stereocenters. The Hall–Kier alpha value is -3.16. The lowest BCUT2D eigenvalue weighted by molar-refractivity contribution is 0.233. The second kappa shape index (κ2) is 7.61. The van der Waals surface area contributed by atoms with Gasteiger partial charge in [0.05, 0.1) is 18.3 Å². The highest BCUT2D eigenvalue weighted by molar-refractivity contribution is 5.74. The van der Waals surface area contributed by atoms with Crippen LogP contribution in [-0.2, 0) is 6.54 Å². The average Bonchev–Trinajstić information content (AvgIpc) is 3.28. The van der Waals surface area contributed by atoms with Crippen LogP contribution in [0.1, 0.15) is 25.5 Å². The van der Waals surface area contributed by atoms with Crippen molar-refractivity contribution in [1.82, 2.24) is 35.2 Å². The molecule has 1 aromatic carbocycles. The SMILES string of the molecule is C[C@H](Cn1cncn1)NC(=O)N[C@@H](C)c1ccc(-n2cccn2)cc1. The Morgan fingerprint density at radius 2 is 1.96 bits per heavy atom. The highest BCUT2D eigenvalue weighted by Crippen LogP contribution is 2.15. The third-order valence-corrected chi connectivity index (χ3v) is 3.81. The molecule has 0 aliphatic carbocycles. The monoisotopic (exact) mass is 339 g/mol. The van der Waals surface area contributed by atoms with Crippen molar-refractivity contribution < 1.29 is 4.79 Å². The summed E-state index contributed by atoms with van der Waals surface area (Å²) in [5.74, 6) is 0. The third-order valence-electron chi connectivity index (χ3n) is 3.81. The Labute approximate surface area is 145 Å². The number of aromatic nitrogens is 5. The zero-order chi connectivity index (χ0) is 17.6. The Kier molecular flexibility index (Phi) is 5.08. The zero-order valence-corrected chi connectivity index (χ0v) is 14.2. The Morgan fingerprint density at radius 1 is 1.16 bits per heavy atom. The number of nitrogens with zero attached hydrogens (tertiary/aromatic N) is 5. The van der Waals surface area contributed by atoms with Crippen molar-refractivity contribution in [3.8, 4) is 5.69 Å². The van der Waals surface area contributed by atoms with Crippen LogP contribution in [-0.4, -0.2) is 36.6 Å². The first-order valence-electron chi connectivity index (χ1n) is 8.11. The number of rotatable bonds is 6. The van der Waals surface area contributed by atoms with Crippen molar-refractivity contribution in [3.63, 3.8) is 0 Å². The van der Waals surface area contributed by atoms with Crippen LogP contribution < -0.4 is 10.6 Å². The number of hydrogen-bond donors (Lipinski definition) is 2. The van der Waals surface area contributed by atoms with E-state index in [2.05, 4.69) is 25.8 Å². The number of carbonyl (C=O) groups is 1. The maximum atomic E-state index is 12.1. The summed E-state index contributed by atoms with van der Waals surface area (Å²) in [7, 11) is 0. The average molecular weight is 339 g/mol. The van der Waals surface area contributed by atoms with E-state index < -0.39 is 0 Å². The summed E-state index contributed by atoms with van der Waals surface area (Å²) in [4.78, 5) is 16.0. The molecule has 0 saturated heterocycles. The van der Waals surface area contributed by atoms with E-state index in [9.17, 15) is 4.79 Å². The number of benzene rings is 1. The van der Waals surface area contributed by atoms with Gasteiger partial charge < -0.3 is 10.6 Å². The van der Waals surface area contributed by atoms with Gasteiger partial charge in [-0.05, 0) is 37.6 Å². The lowest BCUT2D eigenvalue weighted by atomic mass is 10.1. The first kappa shape index (κ1) is 16.7. The van der Waals surface area contributed by atoms with Gasteiger partial charge in [-0.25, -0.2) is 14.5 Å². The van der Waals surface area contributed by atoms with E-state index >= 15 is 0 Å². The molecule has 8 heteroatoms. The van der Waals surface area contributed by atoms with Crippen molar-refractivity contribution in [2.24, 2.45) is 0 Å². The molecule has 2 aromatic heterocycles. The molecule has 2 heterocycles. The first-order chi connectivity index (χ1) is 12.1. The Morgan fingerprint density at radius 3 is 2.60 bits per heavy atom.